The third-order valence-corrected chi connectivity index (χ3v) is 2.50. The Labute approximate surface area is 101 Å². The van der Waals surface area contributed by atoms with E-state index in [0.717, 1.165) is 11.8 Å². The summed E-state index contributed by atoms with van der Waals surface area (Å²) in [4.78, 5) is 23.3. The van der Waals surface area contributed by atoms with Gasteiger partial charge in [0.2, 0.25) is 0 Å². The van der Waals surface area contributed by atoms with Crippen molar-refractivity contribution in [2.24, 2.45) is 5.92 Å². The van der Waals surface area contributed by atoms with E-state index in [9.17, 15) is 9.59 Å². The molecule has 3 heteroatoms. The lowest BCUT2D eigenvalue weighted by molar-refractivity contribution is -0.147. The van der Waals surface area contributed by atoms with Crippen LogP contribution in [0.1, 0.15) is 18.9 Å². The first-order valence-corrected chi connectivity index (χ1v) is 5.57. The summed E-state index contributed by atoms with van der Waals surface area (Å²) in [5, 5.41) is 0. The Morgan fingerprint density at radius 1 is 1.35 bits per heavy atom. The van der Waals surface area contributed by atoms with E-state index >= 15 is 0 Å². The van der Waals surface area contributed by atoms with Gasteiger partial charge in [0.25, 0.3) is 0 Å². The van der Waals surface area contributed by atoms with E-state index in [4.69, 9.17) is 4.74 Å². The molecule has 0 aliphatic carbocycles. The predicted molar refractivity (Wildman–Crippen MR) is 65.2 cm³/mol. The SMILES string of the molecule is C=COC(=O)C(Cc1ccccc1)C(=O)CC. The van der Waals surface area contributed by atoms with Gasteiger partial charge in [0.15, 0.2) is 0 Å². The summed E-state index contributed by atoms with van der Waals surface area (Å²) in [7, 11) is 0. The minimum Gasteiger partial charge on any atom is -0.435 e. The Balaban J connectivity index is 2.81. The van der Waals surface area contributed by atoms with Gasteiger partial charge in [-0.25, -0.2) is 0 Å². The van der Waals surface area contributed by atoms with Gasteiger partial charge in [0, 0.05) is 6.42 Å². The summed E-state index contributed by atoms with van der Waals surface area (Å²) in [6.45, 7) is 5.06. The summed E-state index contributed by atoms with van der Waals surface area (Å²) >= 11 is 0. The fourth-order valence-corrected chi connectivity index (χ4v) is 1.59. The van der Waals surface area contributed by atoms with Crippen molar-refractivity contribution >= 4 is 11.8 Å². The van der Waals surface area contributed by atoms with Crippen LogP contribution in [-0.4, -0.2) is 11.8 Å². The van der Waals surface area contributed by atoms with E-state index in [0.29, 0.717) is 12.8 Å². The van der Waals surface area contributed by atoms with Gasteiger partial charge in [-0.1, -0.05) is 43.8 Å². The van der Waals surface area contributed by atoms with Crippen molar-refractivity contribution in [3.8, 4) is 0 Å². The molecule has 0 saturated heterocycles. The highest BCUT2D eigenvalue weighted by molar-refractivity contribution is 5.99. The molecule has 0 aliphatic rings. The number of ketones is 1. The van der Waals surface area contributed by atoms with Crippen LogP contribution in [0.4, 0.5) is 0 Å². The highest BCUT2D eigenvalue weighted by Gasteiger charge is 2.26. The molecule has 1 aromatic carbocycles. The number of rotatable bonds is 6. The topological polar surface area (TPSA) is 43.4 Å². The summed E-state index contributed by atoms with van der Waals surface area (Å²) in [6, 6.07) is 9.42. The van der Waals surface area contributed by atoms with Gasteiger partial charge in [0.1, 0.15) is 11.7 Å². The zero-order valence-electron chi connectivity index (χ0n) is 9.89. The van der Waals surface area contributed by atoms with Gasteiger partial charge in [-0.2, -0.15) is 0 Å². The summed E-state index contributed by atoms with van der Waals surface area (Å²) < 4.78 is 4.70. The minimum absolute atomic E-state index is 0.110. The number of esters is 1. The first-order valence-electron chi connectivity index (χ1n) is 5.57. The molecule has 0 aromatic heterocycles. The minimum atomic E-state index is -0.736. The second kappa shape index (κ2) is 6.63. The van der Waals surface area contributed by atoms with Crippen molar-refractivity contribution < 1.29 is 14.3 Å². The Bertz CT molecular complexity index is 395. The van der Waals surface area contributed by atoms with Crippen molar-refractivity contribution in [3.63, 3.8) is 0 Å². The molecular formula is C14H16O3. The van der Waals surface area contributed by atoms with Crippen LogP contribution in [0.5, 0.6) is 0 Å². The lowest BCUT2D eigenvalue weighted by atomic mass is 9.94. The van der Waals surface area contributed by atoms with E-state index in [1.54, 1.807) is 6.92 Å². The Kier molecular flexibility index (Phi) is 5.14. The van der Waals surface area contributed by atoms with Crippen LogP contribution in [0.15, 0.2) is 43.2 Å². The number of carbonyl (C=O) groups is 2. The summed E-state index contributed by atoms with van der Waals surface area (Å²) in [5.74, 6) is -1.38. The van der Waals surface area contributed by atoms with E-state index in [-0.39, 0.29) is 5.78 Å². The van der Waals surface area contributed by atoms with Crippen LogP contribution in [0.25, 0.3) is 0 Å². The number of Topliss-reactive ketones (excluding diaryl/α,β-unsaturated/α-hetero) is 1. The maximum Gasteiger partial charge on any atom is 0.321 e. The fourth-order valence-electron chi connectivity index (χ4n) is 1.59. The van der Waals surface area contributed by atoms with Crippen LogP contribution >= 0.6 is 0 Å². The average Bonchev–Trinajstić information content (AvgIpc) is 2.36. The second-order valence-electron chi connectivity index (χ2n) is 3.67. The number of ether oxygens (including phenoxy) is 1. The van der Waals surface area contributed by atoms with Gasteiger partial charge in [-0.3, -0.25) is 9.59 Å². The van der Waals surface area contributed by atoms with Gasteiger partial charge in [-0.05, 0) is 12.0 Å². The summed E-state index contributed by atoms with van der Waals surface area (Å²) in [6.07, 6.45) is 1.76. The fraction of sp³-hybridized carbons (Fsp3) is 0.286. The predicted octanol–water partition coefficient (Wildman–Crippen LogP) is 2.51. The Hall–Kier alpha value is -1.90. The standard InChI is InChI=1S/C14H16O3/c1-3-13(15)12(14(16)17-4-2)10-11-8-6-5-7-9-11/h4-9,12H,2-3,10H2,1H3. The number of benzene rings is 1. The van der Waals surface area contributed by atoms with Crippen LogP contribution in [0.3, 0.4) is 0 Å². The van der Waals surface area contributed by atoms with E-state index < -0.39 is 11.9 Å². The van der Waals surface area contributed by atoms with Crippen molar-refractivity contribution in [3.05, 3.63) is 48.7 Å². The highest BCUT2D eigenvalue weighted by Crippen LogP contribution is 2.13. The van der Waals surface area contributed by atoms with Gasteiger partial charge in [-0.15, -0.1) is 0 Å². The third-order valence-electron chi connectivity index (χ3n) is 2.50. The largest absolute Gasteiger partial charge is 0.435 e. The number of carbonyl (C=O) groups excluding carboxylic acids is 2. The van der Waals surface area contributed by atoms with E-state index in [1.165, 1.54) is 0 Å². The second-order valence-corrected chi connectivity index (χ2v) is 3.67. The lowest BCUT2D eigenvalue weighted by Gasteiger charge is -2.12. The molecule has 0 radical (unpaired) electrons. The van der Waals surface area contributed by atoms with Crippen molar-refractivity contribution in [2.45, 2.75) is 19.8 Å². The molecule has 0 amide bonds. The lowest BCUT2D eigenvalue weighted by Crippen LogP contribution is -2.26. The van der Waals surface area contributed by atoms with Crippen molar-refractivity contribution in [1.29, 1.82) is 0 Å². The molecule has 0 bridgehead atoms. The van der Waals surface area contributed by atoms with Crippen LogP contribution in [-0.2, 0) is 20.7 Å². The molecule has 0 saturated carbocycles. The average molecular weight is 232 g/mol. The molecule has 1 rings (SSSR count). The van der Waals surface area contributed by atoms with Crippen LogP contribution in [0, 0.1) is 5.92 Å². The molecule has 0 heterocycles. The number of hydrogen-bond donors (Lipinski definition) is 0. The maximum atomic E-state index is 11.7. The summed E-state index contributed by atoms with van der Waals surface area (Å²) in [5.41, 5.74) is 0.945. The molecule has 1 atom stereocenters. The smallest absolute Gasteiger partial charge is 0.321 e. The molecule has 17 heavy (non-hydrogen) atoms. The molecule has 0 aliphatic heterocycles. The Morgan fingerprint density at radius 2 is 2.00 bits per heavy atom. The zero-order valence-corrected chi connectivity index (χ0v) is 9.89. The molecule has 1 aromatic rings. The van der Waals surface area contributed by atoms with Crippen LogP contribution < -0.4 is 0 Å². The number of hydrogen-bond acceptors (Lipinski definition) is 3. The maximum absolute atomic E-state index is 11.7. The van der Waals surface area contributed by atoms with Crippen LogP contribution in [0.2, 0.25) is 0 Å². The molecule has 0 N–H and O–H groups in total. The third kappa shape index (κ3) is 3.87. The zero-order chi connectivity index (χ0) is 12.7. The molecule has 3 nitrogen and oxygen atoms in total. The molecular weight excluding hydrogens is 216 g/mol. The first-order chi connectivity index (χ1) is 8.19. The van der Waals surface area contributed by atoms with Crippen molar-refractivity contribution in [2.75, 3.05) is 0 Å². The van der Waals surface area contributed by atoms with E-state index in [1.807, 2.05) is 30.3 Å². The van der Waals surface area contributed by atoms with Gasteiger partial charge < -0.3 is 4.74 Å². The molecule has 1 unspecified atom stereocenters. The molecule has 0 spiro atoms. The Morgan fingerprint density at radius 3 is 2.53 bits per heavy atom. The van der Waals surface area contributed by atoms with Gasteiger partial charge in [0.05, 0.1) is 6.26 Å². The highest BCUT2D eigenvalue weighted by atomic mass is 16.5. The monoisotopic (exact) mass is 232 g/mol. The van der Waals surface area contributed by atoms with Crippen molar-refractivity contribution in [1.82, 2.24) is 0 Å². The normalized spacial score (nSPS) is 11.6. The first kappa shape index (κ1) is 13.2. The van der Waals surface area contributed by atoms with E-state index in [2.05, 4.69) is 6.58 Å². The van der Waals surface area contributed by atoms with Gasteiger partial charge >= 0.3 is 5.97 Å². The quantitative estimate of drug-likeness (QED) is 0.430. The molecule has 0 fully saturated rings. The molecule has 90 valence electrons.